The fraction of sp³-hybridized carbons (Fsp3) is 0.267. The first-order chi connectivity index (χ1) is 10.5. The van der Waals surface area contributed by atoms with E-state index in [2.05, 4.69) is 4.99 Å². The van der Waals surface area contributed by atoms with E-state index >= 15 is 0 Å². The van der Waals surface area contributed by atoms with Crippen LogP contribution in [0.1, 0.15) is 18.5 Å². The molecule has 1 aromatic carbocycles. The number of aliphatic imine (C=N–C) groups is 1. The van der Waals surface area contributed by atoms with Gasteiger partial charge in [0.2, 0.25) is 11.8 Å². The summed E-state index contributed by atoms with van der Waals surface area (Å²) in [6.45, 7) is 1.74. The zero-order valence-corrected chi connectivity index (χ0v) is 13.0. The Morgan fingerprint density at radius 3 is 2.68 bits per heavy atom. The number of primary amides is 1. The van der Waals surface area contributed by atoms with Crippen LogP contribution in [0.5, 0.6) is 5.75 Å². The molecule has 114 valence electrons. The number of nitrogens with zero attached hydrogens (tertiary/aromatic N) is 2. The fourth-order valence-corrected chi connectivity index (χ4v) is 3.60. The number of amidine groups is 1. The lowest BCUT2D eigenvalue weighted by Crippen LogP contribution is -2.40. The van der Waals surface area contributed by atoms with Gasteiger partial charge in [0, 0.05) is 0 Å². The maximum absolute atomic E-state index is 12.2. The zero-order chi connectivity index (χ0) is 15.9. The Morgan fingerprint density at radius 2 is 2.09 bits per heavy atom. The maximum atomic E-state index is 12.2. The van der Waals surface area contributed by atoms with Crippen molar-refractivity contribution >= 4 is 28.7 Å². The molecule has 2 heterocycles. The largest absolute Gasteiger partial charge is 0.497 e. The van der Waals surface area contributed by atoms with E-state index in [4.69, 9.17) is 10.5 Å². The van der Waals surface area contributed by atoms with Gasteiger partial charge in [-0.05, 0) is 24.6 Å². The van der Waals surface area contributed by atoms with E-state index in [1.54, 1.807) is 31.1 Å². The Kier molecular flexibility index (Phi) is 3.66. The topological polar surface area (TPSA) is 85.0 Å². The number of rotatable bonds is 3. The lowest BCUT2D eigenvalue weighted by Gasteiger charge is -2.32. The van der Waals surface area contributed by atoms with E-state index in [1.165, 1.54) is 11.8 Å². The van der Waals surface area contributed by atoms with Gasteiger partial charge in [-0.15, -0.1) is 0 Å². The number of carbonyl (C=O) groups excluding carboxylic acids is 2. The van der Waals surface area contributed by atoms with Gasteiger partial charge in [0.15, 0.2) is 5.17 Å². The van der Waals surface area contributed by atoms with Gasteiger partial charge in [-0.2, -0.15) is 0 Å². The summed E-state index contributed by atoms with van der Waals surface area (Å²) in [5.41, 5.74) is 7.25. The molecular weight excluding hydrogens is 302 g/mol. The molecule has 6 nitrogen and oxygen atoms in total. The maximum Gasteiger partial charge on any atom is 0.248 e. The van der Waals surface area contributed by atoms with E-state index in [0.29, 0.717) is 27.9 Å². The van der Waals surface area contributed by atoms with Crippen LogP contribution in [0.4, 0.5) is 0 Å². The third kappa shape index (κ3) is 2.27. The molecule has 0 aromatic heterocycles. The molecule has 0 radical (unpaired) electrons. The van der Waals surface area contributed by atoms with Crippen LogP contribution in [0.3, 0.4) is 0 Å². The third-order valence-electron chi connectivity index (χ3n) is 3.68. The molecule has 0 aliphatic carbocycles. The van der Waals surface area contributed by atoms with Crippen molar-refractivity contribution in [2.45, 2.75) is 13.0 Å². The SMILES string of the molecule is COc1ccc(C2C(C(N)=O)=C(C)N=C3SCC(=O)N32)cc1. The number of benzene rings is 1. The third-order valence-corrected chi connectivity index (χ3v) is 4.62. The van der Waals surface area contributed by atoms with E-state index in [-0.39, 0.29) is 5.91 Å². The van der Waals surface area contributed by atoms with Crippen LogP contribution >= 0.6 is 11.8 Å². The van der Waals surface area contributed by atoms with Crippen molar-refractivity contribution in [3.63, 3.8) is 0 Å². The van der Waals surface area contributed by atoms with Crippen molar-refractivity contribution in [2.24, 2.45) is 10.7 Å². The van der Waals surface area contributed by atoms with Crippen molar-refractivity contribution in [1.29, 1.82) is 0 Å². The molecule has 1 fully saturated rings. The van der Waals surface area contributed by atoms with Gasteiger partial charge in [-0.1, -0.05) is 23.9 Å². The van der Waals surface area contributed by atoms with E-state index < -0.39 is 11.9 Å². The summed E-state index contributed by atoms with van der Waals surface area (Å²) in [6, 6.07) is 6.72. The molecule has 2 aliphatic rings. The molecule has 0 saturated carbocycles. The molecule has 7 heteroatoms. The van der Waals surface area contributed by atoms with Gasteiger partial charge < -0.3 is 10.5 Å². The highest BCUT2D eigenvalue weighted by Gasteiger charge is 2.42. The lowest BCUT2D eigenvalue weighted by molar-refractivity contribution is -0.125. The van der Waals surface area contributed by atoms with Gasteiger partial charge in [0.05, 0.1) is 30.2 Å². The monoisotopic (exact) mass is 317 g/mol. The standard InChI is InChI=1S/C15H15N3O3S/c1-8-12(14(16)20)13(9-3-5-10(21-2)6-4-9)18-11(19)7-22-15(18)17-8/h3-6,13H,7H2,1-2H3,(H2,16,20). The molecule has 2 amide bonds. The normalized spacial score (nSPS) is 20.8. The van der Waals surface area contributed by atoms with Crippen LogP contribution < -0.4 is 10.5 Å². The Labute approximate surface area is 132 Å². The number of allylic oxidation sites excluding steroid dienone is 1. The number of hydrogen-bond acceptors (Lipinski definition) is 5. The minimum absolute atomic E-state index is 0.0733. The summed E-state index contributed by atoms with van der Waals surface area (Å²) in [5, 5.41) is 0.619. The minimum Gasteiger partial charge on any atom is -0.497 e. The molecule has 1 atom stereocenters. The van der Waals surface area contributed by atoms with Crippen molar-refractivity contribution < 1.29 is 14.3 Å². The van der Waals surface area contributed by atoms with Crippen LogP contribution in [0.15, 0.2) is 40.5 Å². The van der Waals surface area contributed by atoms with Gasteiger partial charge in [0.25, 0.3) is 0 Å². The molecule has 1 unspecified atom stereocenters. The number of ether oxygens (including phenoxy) is 1. The number of amides is 2. The number of hydrogen-bond donors (Lipinski definition) is 1. The second-order valence-electron chi connectivity index (χ2n) is 4.99. The van der Waals surface area contributed by atoms with Gasteiger partial charge in [0.1, 0.15) is 5.75 Å². The van der Waals surface area contributed by atoms with E-state index in [1.807, 2.05) is 12.1 Å². The zero-order valence-electron chi connectivity index (χ0n) is 12.2. The van der Waals surface area contributed by atoms with Gasteiger partial charge in [-0.25, -0.2) is 4.99 Å². The van der Waals surface area contributed by atoms with Crippen molar-refractivity contribution in [1.82, 2.24) is 4.90 Å². The molecule has 2 N–H and O–H groups in total. The van der Waals surface area contributed by atoms with Crippen molar-refractivity contribution in [2.75, 3.05) is 12.9 Å². The van der Waals surface area contributed by atoms with Gasteiger partial charge >= 0.3 is 0 Å². The Hall–Kier alpha value is -2.28. The quantitative estimate of drug-likeness (QED) is 0.914. The summed E-state index contributed by atoms with van der Waals surface area (Å²) < 4.78 is 5.15. The van der Waals surface area contributed by atoms with Crippen LogP contribution in [-0.4, -0.2) is 34.7 Å². The Bertz CT molecular complexity index is 709. The summed E-state index contributed by atoms with van der Waals surface area (Å²) in [6.07, 6.45) is 0. The van der Waals surface area contributed by atoms with Gasteiger partial charge in [-0.3, -0.25) is 14.5 Å². The van der Waals surface area contributed by atoms with Crippen LogP contribution in [0.2, 0.25) is 0 Å². The number of fused-ring (bicyclic) bond motifs is 1. The van der Waals surface area contributed by atoms with E-state index in [0.717, 1.165) is 5.56 Å². The molecule has 22 heavy (non-hydrogen) atoms. The molecule has 1 saturated heterocycles. The molecule has 0 spiro atoms. The second kappa shape index (κ2) is 5.49. The van der Waals surface area contributed by atoms with Crippen molar-refractivity contribution in [3.8, 4) is 5.75 Å². The van der Waals surface area contributed by atoms with E-state index in [9.17, 15) is 9.59 Å². The first-order valence-corrected chi connectivity index (χ1v) is 7.69. The first kappa shape index (κ1) is 14.6. The average molecular weight is 317 g/mol. The highest BCUT2D eigenvalue weighted by Crippen LogP contribution is 2.40. The average Bonchev–Trinajstić information content (AvgIpc) is 2.86. The van der Waals surface area contributed by atoms with Crippen LogP contribution in [0, 0.1) is 0 Å². The number of nitrogens with two attached hydrogens (primary N) is 1. The first-order valence-electron chi connectivity index (χ1n) is 6.71. The molecule has 1 aromatic rings. The molecule has 0 bridgehead atoms. The lowest BCUT2D eigenvalue weighted by atomic mass is 9.94. The van der Waals surface area contributed by atoms with Crippen LogP contribution in [0.25, 0.3) is 0 Å². The van der Waals surface area contributed by atoms with Crippen LogP contribution in [-0.2, 0) is 9.59 Å². The predicted octanol–water partition coefficient (Wildman–Crippen LogP) is 1.44. The minimum atomic E-state index is -0.564. The molecular formula is C15H15N3O3S. The summed E-state index contributed by atoms with van der Waals surface area (Å²) in [4.78, 5) is 30.0. The Balaban J connectivity index is 2.13. The predicted molar refractivity (Wildman–Crippen MR) is 84.4 cm³/mol. The summed E-state index contributed by atoms with van der Waals surface area (Å²) in [5.74, 6) is 0.392. The second-order valence-corrected chi connectivity index (χ2v) is 5.93. The summed E-state index contributed by atoms with van der Waals surface area (Å²) >= 11 is 1.37. The highest BCUT2D eigenvalue weighted by atomic mass is 32.2. The number of thioether (sulfide) groups is 1. The number of methoxy groups -OCH3 is 1. The summed E-state index contributed by atoms with van der Waals surface area (Å²) in [7, 11) is 1.58. The Morgan fingerprint density at radius 1 is 1.41 bits per heavy atom. The fourth-order valence-electron chi connectivity index (χ4n) is 2.66. The number of carbonyl (C=O) groups is 2. The molecule has 3 rings (SSSR count). The van der Waals surface area contributed by atoms with Crippen molar-refractivity contribution in [3.05, 3.63) is 41.1 Å². The molecule has 2 aliphatic heterocycles. The smallest absolute Gasteiger partial charge is 0.248 e. The highest BCUT2D eigenvalue weighted by molar-refractivity contribution is 8.15.